The maximum Gasteiger partial charge on any atom is 0.416 e. The molecule has 0 amide bonds. The van der Waals surface area contributed by atoms with Crippen LogP contribution >= 0.6 is 0 Å². The van der Waals surface area contributed by atoms with Gasteiger partial charge in [0.05, 0.1) is 15.4 Å². The third-order valence-electron chi connectivity index (χ3n) is 6.29. The first kappa shape index (κ1) is 27.0. The SMILES string of the molecule is CS(=O)(=O)c1ccccc1S(=O)(=O)N1CCC(N(C2CC2)S(=O)(=O)c2cccc(C(F)(F)F)c2)CC1. The van der Waals surface area contributed by atoms with E-state index in [1.807, 2.05) is 0 Å². The summed E-state index contributed by atoms with van der Waals surface area (Å²) >= 11 is 0. The van der Waals surface area contributed by atoms with Gasteiger partial charge in [-0.15, -0.1) is 0 Å². The lowest BCUT2D eigenvalue weighted by molar-refractivity contribution is -0.137. The number of hydrogen-bond donors (Lipinski definition) is 0. The fraction of sp³-hybridized carbons (Fsp3) is 0.455. The lowest BCUT2D eigenvalue weighted by atomic mass is 10.1. The van der Waals surface area contributed by atoms with Crippen LogP contribution in [-0.4, -0.2) is 65.3 Å². The van der Waals surface area contributed by atoms with Crippen LogP contribution in [0.3, 0.4) is 0 Å². The van der Waals surface area contributed by atoms with E-state index in [1.165, 1.54) is 28.6 Å². The molecule has 8 nitrogen and oxygen atoms in total. The Morgan fingerprint density at radius 2 is 1.36 bits per heavy atom. The molecule has 0 radical (unpaired) electrons. The van der Waals surface area contributed by atoms with Gasteiger partial charge in [-0.3, -0.25) is 0 Å². The molecule has 36 heavy (non-hydrogen) atoms. The maximum atomic E-state index is 13.4. The van der Waals surface area contributed by atoms with Gasteiger partial charge in [0.2, 0.25) is 20.0 Å². The zero-order chi connectivity index (χ0) is 26.5. The first-order valence-electron chi connectivity index (χ1n) is 11.1. The number of alkyl halides is 3. The molecule has 1 heterocycles. The van der Waals surface area contributed by atoms with Crippen LogP contribution < -0.4 is 0 Å². The molecule has 0 aromatic heterocycles. The lowest BCUT2D eigenvalue weighted by Gasteiger charge is -2.37. The summed E-state index contributed by atoms with van der Waals surface area (Å²) in [6, 6.07) is 7.91. The Morgan fingerprint density at radius 3 is 1.89 bits per heavy atom. The Labute approximate surface area is 208 Å². The van der Waals surface area contributed by atoms with Crippen LogP contribution in [0.2, 0.25) is 0 Å². The van der Waals surface area contributed by atoms with Crippen molar-refractivity contribution in [2.45, 2.75) is 58.6 Å². The smallest absolute Gasteiger partial charge is 0.224 e. The van der Waals surface area contributed by atoms with Crippen molar-refractivity contribution in [2.75, 3.05) is 19.3 Å². The van der Waals surface area contributed by atoms with Crippen molar-refractivity contribution in [2.24, 2.45) is 0 Å². The average molecular weight is 567 g/mol. The molecule has 0 atom stereocenters. The predicted octanol–water partition coefficient (Wildman–Crippen LogP) is 3.12. The topological polar surface area (TPSA) is 109 Å². The standard InChI is InChI=1S/C22H25F3N2O6S3/c1-34(28,29)20-7-2-3-8-21(20)36(32,33)26-13-11-18(12-14-26)27(17-9-10-17)35(30,31)19-6-4-5-16(15-19)22(23,24)25/h2-8,15,17-18H,9-14H2,1H3. The van der Waals surface area contributed by atoms with Crippen molar-refractivity contribution < 1.29 is 38.4 Å². The van der Waals surface area contributed by atoms with E-state index < -0.39 is 52.6 Å². The van der Waals surface area contributed by atoms with Crippen LogP contribution in [0.25, 0.3) is 0 Å². The first-order valence-corrected chi connectivity index (χ1v) is 15.9. The highest BCUT2D eigenvalue weighted by molar-refractivity contribution is 7.93. The average Bonchev–Trinajstić information content (AvgIpc) is 3.63. The molecule has 0 unspecified atom stereocenters. The van der Waals surface area contributed by atoms with Crippen LogP contribution in [0.15, 0.2) is 63.2 Å². The molecule has 2 aromatic carbocycles. The second kappa shape index (κ2) is 9.39. The molecule has 1 aliphatic heterocycles. The van der Waals surface area contributed by atoms with Crippen LogP contribution in [0.1, 0.15) is 31.2 Å². The van der Waals surface area contributed by atoms with E-state index in [4.69, 9.17) is 0 Å². The van der Waals surface area contributed by atoms with E-state index in [-0.39, 0.29) is 41.8 Å². The van der Waals surface area contributed by atoms with Gasteiger partial charge in [0.25, 0.3) is 0 Å². The molecule has 198 valence electrons. The van der Waals surface area contributed by atoms with Crippen LogP contribution in [0.5, 0.6) is 0 Å². The number of sulfonamides is 2. The zero-order valence-corrected chi connectivity index (χ0v) is 21.7. The monoisotopic (exact) mass is 566 g/mol. The number of benzene rings is 2. The minimum absolute atomic E-state index is 0.0631. The van der Waals surface area contributed by atoms with Crippen molar-refractivity contribution in [3.8, 4) is 0 Å². The van der Waals surface area contributed by atoms with Crippen LogP contribution in [0, 0.1) is 0 Å². The Hall–Kier alpha value is -2.00. The van der Waals surface area contributed by atoms with Crippen molar-refractivity contribution >= 4 is 29.9 Å². The lowest BCUT2D eigenvalue weighted by Crippen LogP contribution is -2.49. The molecule has 0 N–H and O–H groups in total. The summed E-state index contributed by atoms with van der Waals surface area (Å²) in [6.07, 6.45) is -2.40. The highest BCUT2D eigenvalue weighted by Crippen LogP contribution is 2.39. The summed E-state index contributed by atoms with van der Waals surface area (Å²) in [5.41, 5.74) is -1.07. The van der Waals surface area contributed by atoms with Gasteiger partial charge in [0, 0.05) is 31.4 Å². The molecule has 1 saturated carbocycles. The molecule has 4 rings (SSSR count). The van der Waals surface area contributed by atoms with Crippen molar-refractivity contribution in [1.82, 2.24) is 8.61 Å². The van der Waals surface area contributed by atoms with E-state index in [9.17, 15) is 38.4 Å². The first-order chi connectivity index (χ1) is 16.6. The molecule has 0 spiro atoms. The van der Waals surface area contributed by atoms with E-state index >= 15 is 0 Å². The van der Waals surface area contributed by atoms with Gasteiger partial charge >= 0.3 is 6.18 Å². The summed E-state index contributed by atoms with van der Waals surface area (Å²) in [5.74, 6) is 0. The van der Waals surface area contributed by atoms with Gasteiger partial charge in [0.1, 0.15) is 4.90 Å². The summed E-state index contributed by atoms with van der Waals surface area (Å²) < 4.78 is 119. The molecule has 1 aliphatic carbocycles. The number of nitrogens with zero attached hydrogens (tertiary/aromatic N) is 2. The van der Waals surface area contributed by atoms with Crippen LogP contribution in [0.4, 0.5) is 13.2 Å². The molecule has 2 aromatic rings. The summed E-state index contributed by atoms with van der Waals surface area (Å²) in [5, 5.41) is 0. The number of piperidine rings is 1. The largest absolute Gasteiger partial charge is 0.416 e. The van der Waals surface area contributed by atoms with E-state index in [2.05, 4.69) is 0 Å². The second-order valence-corrected chi connectivity index (χ2v) is 14.7. The van der Waals surface area contributed by atoms with E-state index in [0.717, 1.165) is 28.8 Å². The van der Waals surface area contributed by atoms with E-state index in [1.54, 1.807) is 0 Å². The van der Waals surface area contributed by atoms with E-state index in [0.29, 0.717) is 18.9 Å². The number of halogens is 3. The van der Waals surface area contributed by atoms with Crippen LogP contribution in [-0.2, 0) is 36.1 Å². The third-order valence-corrected chi connectivity index (χ3v) is 11.5. The summed E-state index contributed by atoms with van der Waals surface area (Å²) in [4.78, 5) is -1.12. The van der Waals surface area contributed by atoms with Gasteiger partial charge in [0.15, 0.2) is 9.84 Å². The van der Waals surface area contributed by atoms with Crippen molar-refractivity contribution in [3.63, 3.8) is 0 Å². The molecule has 1 saturated heterocycles. The number of hydrogen-bond acceptors (Lipinski definition) is 6. The minimum atomic E-state index is -4.70. The Bertz CT molecular complexity index is 1460. The fourth-order valence-electron chi connectivity index (χ4n) is 4.42. The van der Waals surface area contributed by atoms with Gasteiger partial charge in [-0.2, -0.15) is 21.8 Å². The Kier molecular flexibility index (Phi) is 7.05. The molecule has 2 aliphatic rings. The highest BCUT2D eigenvalue weighted by Gasteiger charge is 2.45. The van der Waals surface area contributed by atoms with Gasteiger partial charge < -0.3 is 0 Å². The van der Waals surface area contributed by atoms with Gasteiger partial charge in [-0.25, -0.2) is 25.3 Å². The maximum absolute atomic E-state index is 13.4. The second-order valence-electron chi connectivity index (χ2n) is 8.95. The predicted molar refractivity (Wildman–Crippen MR) is 125 cm³/mol. The Morgan fingerprint density at radius 1 is 0.806 bits per heavy atom. The zero-order valence-electron chi connectivity index (χ0n) is 19.2. The number of sulfone groups is 1. The third kappa shape index (κ3) is 5.32. The summed E-state index contributed by atoms with van der Waals surface area (Å²) in [6.45, 7) is -0.126. The fourth-order valence-corrected chi connectivity index (χ4v) is 9.47. The molecular formula is C22H25F3N2O6S3. The quantitative estimate of drug-likeness (QED) is 0.510. The molecule has 14 heteroatoms. The molecule has 2 fully saturated rings. The number of rotatable bonds is 7. The highest BCUT2D eigenvalue weighted by atomic mass is 32.2. The van der Waals surface area contributed by atoms with Gasteiger partial charge in [-0.05, 0) is 56.0 Å². The minimum Gasteiger partial charge on any atom is -0.224 e. The summed E-state index contributed by atoms with van der Waals surface area (Å²) in [7, 11) is -12.3. The Balaban J connectivity index is 1.58. The molecule has 0 bridgehead atoms. The van der Waals surface area contributed by atoms with Gasteiger partial charge in [-0.1, -0.05) is 18.2 Å². The normalized spacial score (nSPS) is 19.0. The van der Waals surface area contributed by atoms with Crippen molar-refractivity contribution in [3.05, 3.63) is 54.1 Å². The molecular weight excluding hydrogens is 541 g/mol. The van der Waals surface area contributed by atoms with Crippen molar-refractivity contribution in [1.29, 1.82) is 0 Å².